The van der Waals surface area contributed by atoms with Crippen LogP contribution in [0.25, 0.3) is 0 Å². The Bertz CT molecular complexity index is 759. The molecule has 0 bridgehead atoms. The minimum absolute atomic E-state index is 0.120. The van der Waals surface area contributed by atoms with Crippen LogP contribution in [0.4, 0.5) is 13.2 Å². The van der Waals surface area contributed by atoms with Gasteiger partial charge in [0.15, 0.2) is 0 Å². The molecule has 5 unspecified atom stereocenters. The van der Waals surface area contributed by atoms with Gasteiger partial charge in [0.2, 0.25) is 5.84 Å². The lowest BCUT2D eigenvalue weighted by Crippen LogP contribution is -2.55. The van der Waals surface area contributed by atoms with Gasteiger partial charge in [-0.1, -0.05) is 11.6 Å². The maximum Gasteiger partial charge on any atom is 0.449 e. The average molecular weight is 414 g/mol. The average Bonchev–Trinajstić information content (AvgIpc) is 3.41. The highest BCUT2D eigenvalue weighted by atomic mass is 32.2. The number of rotatable bonds is 2. The number of hydrogen-bond donors (Lipinski definition) is 2. The van der Waals surface area contributed by atoms with E-state index >= 15 is 0 Å². The van der Waals surface area contributed by atoms with E-state index in [1.807, 2.05) is 0 Å². The van der Waals surface area contributed by atoms with E-state index < -0.39 is 29.7 Å². The smallest absolute Gasteiger partial charge is 0.392 e. The number of allylic oxidation sites excluding steroid dienone is 2. The van der Waals surface area contributed by atoms with Crippen molar-refractivity contribution in [1.29, 1.82) is 0 Å². The van der Waals surface area contributed by atoms with Gasteiger partial charge in [-0.3, -0.25) is 4.90 Å². The van der Waals surface area contributed by atoms with Crippen LogP contribution in [0.5, 0.6) is 0 Å². The van der Waals surface area contributed by atoms with E-state index in [1.165, 1.54) is 11.8 Å². The molecule has 4 nitrogen and oxygen atoms in total. The number of hydrogen-bond acceptors (Lipinski definition) is 5. The molecule has 1 saturated carbocycles. The van der Waals surface area contributed by atoms with Crippen molar-refractivity contribution >= 4 is 17.6 Å². The van der Waals surface area contributed by atoms with Crippen LogP contribution in [-0.2, 0) is 0 Å². The number of aliphatic imine (C=N–C) groups is 1. The summed E-state index contributed by atoms with van der Waals surface area (Å²) in [5.41, 5.74) is 1.58. The minimum atomic E-state index is -4.62. The van der Waals surface area contributed by atoms with E-state index in [0.29, 0.717) is 24.5 Å². The molecule has 2 heterocycles. The summed E-state index contributed by atoms with van der Waals surface area (Å²) in [4.78, 5) is 6.31. The molecule has 5 atom stereocenters. The van der Waals surface area contributed by atoms with Gasteiger partial charge in [-0.05, 0) is 62.2 Å². The van der Waals surface area contributed by atoms with Crippen LogP contribution in [0.3, 0.4) is 0 Å². The van der Waals surface area contributed by atoms with Crippen LogP contribution in [-0.4, -0.2) is 44.8 Å². The number of aliphatic hydroxyl groups excluding tert-OH is 2. The molecule has 5 aliphatic rings. The number of amidine groups is 1. The Morgan fingerprint density at radius 2 is 1.82 bits per heavy atom. The molecule has 154 valence electrons. The minimum Gasteiger partial charge on any atom is -0.392 e. The highest BCUT2D eigenvalue weighted by molar-refractivity contribution is 8.04. The fraction of sp³-hybridized carbons (Fsp3) is 0.750. The molecule has 0 aromatic heterocycles. The summed E-state index contributed by atoms with van der Waals surface area (Å²) in [6, 6.07) is 0. The molecular formula is C20H25F3N2O2S. The first-order valence-electron chi connectivity index (χ1n) is 10.2. The standard InChI is InChI=1S/C20H25F3N2O2S/c21-20(22,23)19-24-17-16(12-3-1-2-4-15(12)28-17)18(27)25(19)11-7-8-14(26)13(9-11)10-5-6-10/h9-10,13-14,16-18,26-27H,1-8H2. The lowest BCUT2D eigenvalue weighted by Gasteiger charge is -2.44. The highest BCUT2D eigenvalue weighted by Gasteiger charge is 2.54. The lowest BCUT2D eigenvalue weighted by atomic mass is 9.84. The van der Waals surface area contributed by atoms with Crippen molar-refractivity contribution in [3.63, 3.8) is 0 Å². The number of alkyl halides is 3. The second-order valence-electron chi connectivity index (χ2n) is 8.60. The van der Waals surface area contributed by atoms with Gasteiger partial charge in [0.25, 0.3) is 0 Å². The SMILES string of the molecule is OC1CCC(N2C(C(F)(F)F)=NC3SC4=C(CCCC4)C3C2O)=CC1C1CC1. The third-order valence-corrected chi connectivity index (χ3v) is 8.14. The van der Waals surface area contributed by atoms with E-state index in [4.69, 9.17) is 0 Å². The third-order valence-electron chi connectivity index (χ3n) is 6.75. The normalized spacial score (nSPS) is 38.8. The van der Waals surface area contributed by atoms with Gasteiger partial charge >= 0.3 is 6.18 Å². The molecule has 0 saturated heterocycles. The molecule has 0 amide bonds. The highest BCUT2D eigenvalue weighted by Crippen LogP contribution is 2.54. The maximum atomic E-state index is 13.9. The number of thioether (sulfide) groups is 1. The van der Waals surface area contributed by atoms with Crippen molar-refractivity contribution in [2.24, 2.45) is 22.7 Å². The molecule has 0 spiro atoms. The van der Waals surface area contributed by atoms with Gasteiger partial charge < -0.3 is 10.2 Å². The summed E-state index contributed by atoms with van der Waals surface area (Å²) in [5, 5.41) is 20.9. The zero-order valence-corrected chi connectivity index (χ0v) is 16.3. The van der Waals surface area contributed by atoms with E-state index in [1.54, 1.807) is 6.08 Å². The molecule has 28 heavy (non-hydrogen) atoms. The Kier molecular flexibility index (Phi) is 4.60. The first-order chi connectivity index (χ1) is 13.3. The second-order valence-corrected chi connectivity index (χ2v) is 9.81. The number of nitrogens with zero attached hydrogens (tertiary/aromatic N) is 2. The molecule has 8 heteroatoms. The summed E-state index contributed by atoms with van der Waals surface area (Å²) >= 11 is 1.41. The molecule has 2 N–H and O–H groups in total. The Morgan fingerprint density at radius 3 is 2.54 bits per heavy atom. The van der Waals surface area contributed by atoms with Crippen molar-refractivity contribution in [2.75, 3.05) is 0 Å². The molecule has 0 aromatic rings. The zero-order chi connectivity index (χ0) is 19.6. The molecule has 0 radical (unpaired) electrons. The van der Waals surface area contributed by atoms with Crippen LogP contribution < -0.4 is 0 Å². The van der Waals surface area contributed by atoms with Crippen molar-refractivity contribution in [2.45, 2.75) is 75.2 Å². The summed E-state index contributed by atoms with van der Waals surface area (Å²) in [6.07, 6.45) is 1.96. The monoisotopic (exact) mass is 414 g/mol. The van der Waals surface area contributed by atoms with Gasteiger partial charge in [-0.2, -0.15) is 13.2 Å². The van der Waals surface area contributed by atoms with Crippen LogP contribution in [0, 0.1) is 17.8 Å². The first-order valence-corrected chi connectivity index (χ1v) is 11.1. The quantitative estimate of drug-likeness (QED) is 0.712. The van der Waals surface area contributed by atoms with Crippen molar-refractivity contribution < 1.29 is 23.4 Å². The van der Waals surface area contributed by atoms with Crippen LogP contribution in [0.1, 0.15) is 51.4 Å². The lowest BCUT2D eigenvalue weighted by molar-refractivity contribution is -0.0856. The van der Waals surface area contributed by atoms with E-state index in [-0.39, 0.29) is 11.8 Å². The van der Waals surface area contributed by atoms with Gasteiger partial charge in [-0.25, -0.2) is 4.99 Å². The van der Waals surface area contributed by atoms with Crippen molar-refractivity contribution in [3.05, 3.63) is 22.3 Å². The largest absolute Gasteiger partial charge is 0.449 e. The number of fused-ring (bicyclic) bond motifs is 2. The molecule has 3 aliphatic carbocycles. The maximum absolute atomic E-state index is 13.9. The third kappa shape index (κ3) is 3.12. The number of halogens is 3. The van der Waals surface area contributed by atoms with E-state index in [2.05, 4.69) is 4.99 Å². The number of aliphatic hydroxyl groups is 2. The van der Waals surface area contributed by atoms with Crippen LogP contribution in [0.15, 0.2) is 27.2 Å². The van der Waals surface area contributed by atoms with E-state index in [0.717, 1.165) is 53.9 Å². The van der Waals surface area contributed by atoms with Crippen molar-refractivity contribution in [3.8, 4) is 0 Å². The Balaban J connectivity index is 1.54. The van der Waals surface area contributed by atoms with Gasteiger partial charge in [0.05, 0.1) is 12.0 Å². The predicted octanol–water partition coefficient (Wildman–Crippen LogP) is 4.16. The Hall–Kier alpha value is -0.990. The van der Waals surface area contributed by atoms with Crippen LogP contribution >= 0.6 is 11.8 Å². The molecule has 1 fully saturated rings. The van der Waals surface area contributed by atoms with Gasteiger partial charge in [0.1, 0.15) is 11.6 Å². The summed E-state index contributed by atoms with van der Waals surface area (Å²) < 4.78 is 41.7. The zero-order valence-electron chi connectivity index (χ0n) is 15.5. The predicted molar refractivity (Wildman–Crippen MR) is 101 cm³/mol. The Labute approximate surface area is 166 Å². The first kappa shape index (κ1) is 19.0. The summed E-state index contributed by atoms with van der Waals surface area (Å²) in [7, 11) is 0. The summed E-state index contributed by atoms with van der Waals surface area (Å²) in [5.74, 6) is -1.13. The molecular weight excluding hydrogens is 389 g/mol. The fourth-order valence-corrected chi connectivity index (χ4v) is 6.78. The molecule has 2 aliphatic heterocycles. The fourth-order valence-electron chi connectivity index (χ4n) is 5.23. The van der Waals surface area contributed by atoms with Gasteiger partial charge in [0, 0.05) is 11.6 Å². The second kappa shape index (κ2) is 6.77. The van der Waals surface area contributed by atoms with Gasteiger partial charge in [-0.15, -0.1) is 11.8 Å². The summed E-state index contributed by atoms with van der Waals surface area (Å²) in [6.45, 7) is 0. The Morgan fingerprint density at radius 1 is 1.07 bits per heavy atom. The topological polar surface area (TPSA) is 56.1 Å². The molecule has 5 rings (SSSR count). The van der Waals surface area contributed by atoms with Crippen LogP contribution in [0.2, 0.25) is 0 Å². The molecule has 0 aromatic carbocycles. The van der Waals surface area contributed by atoms with Crippen molar-refractivity contribution in [1.82, 2.24) is 4.90 Å². The van der Waals surface area contributed by atoms with E-state index in [9.17, 15) is 23.4 Å².